The van der Waals surface area contributed by atoms with E-state index in [1.807, 2.05) is 13.8 Å². The number of hydrogen-bond donors (Lipinski definition) is 4. The molecule has 0 amide bonds. The van der Waals surface area contributed by atoms with Crippen LogP contribution in [-0.2, 0) is 12.0 Å². The number of hydrogen-bond acceptors (Lipinski definition) is 6. The number of fused-ring (bicyclic) bond motifs is 4. The lowest BCUT2D eigenvalue weighted by Gasteiger charge is -2.49. The summed E-state index contributed by atoms with van der Waals surface area (Å²) < 4.78 is 1.65. The summed E-state index contributed by atoms with van der Waals surface area (Å²) in [6.45, 7) is 4.64. The number of rotatable bonds is 7. The van der Waals surface area contributed by atoms with Gasteiger partial charge in [-0.3, -0.25) is 4.57 Å². The zero-order chi connectivity index (χ0) is 19.9. The van der Waals surface area contributed by atoms with Gasteiger partial charge in [-0.2, -0.15) is 4.98 Å². The number of aryl methyl sites for hydroxylation is 1. The zero-order valence-electron chi connectivity index (χ0n) is 16.8. The van der Waals surface area contributed by atoms with Gasteiger partial charge in [0.2, 0.25) is 0 Å². The van der Waals surface area contributed by atoms with Crippen molar-refractivity contribution in [3.05, 3.63) is 16.3 Å². The minimum Gasteiger partial charge on any atom is -0.396 e. The molecule has 0 aromatic carbocycles. The fraction of sp³-hybridized carbons (Fsp3) is 0.750. The molecule has 5 rings (SSSR count). The first-order chi connectivity index (χ1) is 13.4. The van der Waals surface area contributed by atoms with Crippen molar-refractivity contribution in [2.45, 2.75) is 88.8 Å². The van der Waals surface area contributed by atoms with E-state index in [0.717, 1.165) is 56.3 Å². The number of nitrogens with zero attached hydrogens (tertiary/aromatic N) is 3. The SMILES string of the molecule is CCCn1c(=O)nc(N[C@H](C)CCO)c2[nH]c(C34CCC(O)(CC3)CC4)nc21. The number of aliphatic hydroxyl groups excluding tert-OH is 1. The zero-order valence-corrected chi connectivity index (χ0v) is 16.8. The molecule has 2 bridgehead atoms. The maximum absolute atomic E-state index is 12.6. The lowest BCUT2D eigenvalue weighted by molar-refractivity contribution is -0.0677. The van der Waals surface area contributed by atoms with Gasteiger partial charge in [-0.15, -0.1) is 0 Å². The molecular formula is C20H31N5O3. The minimum atomic E-state index is -0.494. The number of H-pyrrole nitrogens is 1. The Morgan fingerprint density at radius 1 is 1.21 bits per heavy atom. The van der Waals surface area contributed by atoms with Gasteiger partial charge in [0.25, 0.3) is 0 Å². The second-order valence-corrected chi connectivity index (χ2v) is 8.74. The van der Waals surface area contributed by atoms with Crippen molar-refractivity contribution in [2.75, 3.05) is 11.9 Å². The summed E-state index contributed by atoms with van der Waals surface area (Å²) in [4.78, 5) is 25.3. The summed E-state index contributed by atoms with van der Waals surface area (Å²) in [7, 11) is 0. The molecule has 4 N–H and O–H groups in total. The maximum Gasteiger partial charge on any atom is 0.351 e. The molecule has 2 aromatic heterocycles. The van der Waals surface area contributed by atoms with Crippen LogP contribution >= 0.6 is 0 Å². The molecule has 3 aliphatic rings. The smallest absolute Gasteiger partial charge is 0.351 e. The molecule has 2 aromatic rings. The predicted octanol–water partition coefficient (Wildman–Crippen LogP) is 2.05. The predicted molar refractivity (Wildman–Crippen MR) is 108 cm³/mol. The van der Waals surface area contributed by atoms with Crippen molar-refractivity contribution in [1.29, 1.82) is 0 Å². The maximum atomic E-state index is 12.6. The lowest BCUT2D eigenvalue weighted by Crippen LogP contribution is -2.48. The summed E-state index contributed by atoms with van der Waals surface area (Å²) in [6, 6.07) is -0.00796. The van der Waals surface area contributed by atoms with Gasteiger partial charge in [-0.25, -0.2) is 9.78 Å². The highest BCUT2D eigenvalue weighted by molar-refractivity contribution is 5.83. The van der Waals surface area contributed by atoms with Crippen molar-refractivity contribution in [2.24, 2.45) is 0 Å². The van der Waals surface area contributed by atoms with E-state index < -0.39 is 5.60 Å². The van der Waals surface area contributed by atoms with E-state index in [0.29, 0.717) is 24.4 Å². The van der Waals surface area contributed by atoms with Gasteiger partial charge in [0.05, 0.1) is 5.60 Å². The monoisotopic (exact) mass is 389 g/mol. The highest BCUT2D eigenvalue weighted by Crippen LogP contribution is 2.53. The molecule has 0 saturated heterocycles. The Morgan fingerprint density at radius 2 is 1.89 bits per heavy atom. The molecule has 8 heteroatoms. The van der Waals surface area contributed by atoms with Gasteiger partial charge in [-0.05, 0) is 58.3 Å². The van der Waals surface area contributed by atoms with E-state index in [1.54, 1.807) is 4.57 Å². The van der Waals surface area contributed by atoms with Crippen LogP contribution in [0.25, 0.3) is 11.2 Å². The van der Waals surface area contributed by atoms with Gasteiger partial charge < -0.3 is 20.5 Å². The fourth-order valence-electron chi connectivity index (χ4n) is 4.83. The van der Waals surface area contributed by atoms with Crippen LogP contribution in [-0.4, -0.2) is 48.0 Å². The Morgan fingerprint density at radius 3 is 2.50 bits per heavy atom. The number of aromatic amines is 1. The van der Waals surface area contributed by atoms with Crippen LogP contribution in [0, 0.1) is 0 Å². The van der Waals surface area contributed by atoms with Crippen LogP contribution in [0.2, 0.25) is 0 Å². The van der Waals surface area contributed by atoms with E-state index in [1.165, 1.54) is 0 Å². The first-order valence-electron chi connectivity index (χ1n) is 10.5. The summed E-state index contributed by atoms with van der Waals surface area (Å²) in [5, 5.41) is 23.0. The molecule has 28 heavy (non-hydrogen) atoms. The van der Waals surface area contributed by atoms with E-state index in [9.17, 15) is 15.0 Å². The van der Waals surface area contributed by atoms with E-state index >= 15 is 0 Å². The molecule has 3 saturated carbocycles. The average molecular weight is 390 g/mol. The first-order valence-corrected chi connectivity index (χ1v) is 10.5. The van der Waals surface area contributed by atoms with E-state index in [4.69, 9.17) is 4.98 Å². The molecule has 1 atom stereocenters. The molecule has 0 spiro atoms. The fourth-order valence-corrected chi connectivity index (χ4v) is 4.83. The Labute approximate surface area is 164 Å². The summed E-state index contributed by atoms with van der Waals surface area (Å²) in [6.07, 6.45) is 6.57. The third kappa shape index (κ3) is 3.22. The largest absolute Gasteiger partial charge is 0.396 e. The van der Waals surface area contributed by atoms with E-state index in [-0.39, 0.29) is 23.8 Å². The molecule has 2 heterocycles. The van der Waals surface area contributed by atoms with Crippen LogP contribution in [0.3, 0.4) is 0 Å². The van der Waals surface area contributed by atoms with Crippen molar-refractivity contribution in [3.63, 3.8) is 0 Å². The Hall–Kier alpha value is -1.93. The molecule has 3 fully saturated rings. The van der Waals surface area contributed by atoms with E-state index in [2.05, 4.69) is 15.3 Å². The summed E-state index contributed by atoms with van der Waals surface area (Å²) >= 11 is 0. The third-order valence-corrected chi connectivity index (χ3v) is 6.72. The minimum absolute atomic E-state index is 0.00796. The number of anilines is 1. The van der Waals surface area contributed by atoms with Crippen molar-refractivity contribution in [1.82, 2.24) is 19.5 Å². The molecule has 154 valence electrons. The van der Waals surface area contributed by atoms with Crippen LogP contribution < -0.4 is 11.0 Å². The Balaban J connectivity index is 1.80. The van der Waals surface area contributed by atoms with Crippen LogP contribution in [0.4, 0.5) is 5.82 Å². The van der Waals surface area contributed by atoms with Gasteiger partial charge in [0, 0.05) is 24.6 Å². The number of nitrogens with one attached hydrogen (secondary N) is 2. The van der Waals surface area contributed by atoms with Gasteiger partial charge in [-0.1, -0.05) is 6.92 Å². The van der Waals surface area contributed by atoms with Crippen molar-refractivity contribution >= 4 is 17.0 Å². The second kappa shape index (κ2) is 7.15. The Kier molecular flexibility index (Phi) is 4.95. The number of imidazole rings is 1. The molecule has 8 nitrogen and oxygen atoms in total. The van der Waals surface area contributed by atoms with Gasteiger partial charge in [0.15, 0.2) is 11.5 Å². The van der Waals surface area contributed by atoms with Crippen LogP contribution in [0.15, 0.2) is 4.79 Å². The highest BCUT2D eigenvalue weighted by Gasteiger charge is 2.50. The average Bonchev–Trinajstić information content (AvgIpc) is 3.12. The highest BCUT2D eigenvalue weighted by atomic mass is 16.3. The molecule has 0 unspecified atom stereocenters. The molecule has 0 aliphatic heterocycles. The Bertz CT molecular complexity index is 894. The normalized spacial score (nSPS) is 28.0. The summed E-state index contributed by atoms with van der Waals surface area (Å²) in [5.74, 6) is 1.42. The molecule has 3 aliphatic carbocycles. The second-order valence-electron chi connectivity index (χ2n) is 8.74. The first kappa shape index (κ1) is 19.4. The quantitative estimate of drug-likeness (QED) is 0.576. The molecular weight excluding hydrogens is 358 g/mol. The van der Waals surface area contributed by atoms with Crippen LogP contribution in [0.1, 0.15) is 71.0 Å². The summed E-state index contributed by atoms with van der Waals surface area (Å²) in [5.41, 5.74) is 0.562. The lowest BCUT2D eigenvalue weighted by atomic mass is 9.58. The molecule has 0 radical (unpaired) electrons. The van der Waals surface area contributed by atoms with Crippen molar-refractivity contribution < 1.29 is 10.2 Å². The standard InChI is InChI=1S/C20H31N5O3/c1-3-11-25-16-14(15(23-18(25)27)21-13(2)4-12-26)22-17(24-16)19-5-8-20(28,9-6-19)10-7-19/h13,26,28H,3-12H2,1-2H3,(H,22,24)(H,21,23,27)/t13-,19?,20?/m1/s1. The van der Waals surface area contributed by atoms with Crippen molar-refractivity contribution in [3.8, 4) is 0 Å². The topological polar surface area (TPSA) is 116 Å². The van der Waals surface area contributed by atoms with Crippen LogP contribution in [0.5, 0.6) is 0 Å². The van der Waals surface area contributed by atoms with Gasteiger partial charge >= 0.3 is 5.69 Å². The number of aromatic nitrogens is 4. The third-order valence-electron chi connectivity index (χ3n) is 6.72. The number of aliphatic hydroxyl groups is 2. The van der Waals surface area contributed by atoms with Gasteiger partial charge in [0.1, 0.15) is 11.3 Å².